The normalized spacial score (nSPS) is 15.4. The second kappa shape index (κ2) is 8.39. The monoisotopic (exact) mass is 355 g/mol. The van der Waals surface area contributed by atoms with Gasteiger partial charge in [-0.15, -0.1) is 0 Å². The van der Waals surface area contributed by atoms with Crippen molar-refractivity contribution in [1.82, 2.24) is 9.88 Å². The van der Waals surface area contributed by atoms with Crippen LogP contribution in [0.3, 0.4) is 0 Å². The number of amides is 1. The van der Waals surface area contributed by atoms with Crippen molar-refractivity contribution in [2.45, 2.75) is 18.9 Å². The molecular formula is C18H21N5O3. The van der Waals surface area contributed by atoms with E-state index in [0.29, 0.717) is 12.4 Å². The largest absolute Gasteiger partial charge is 0.367 e. The van der Waals surface area contributed by atoms with E-state index in [1.807, 2.05) is 30.3 Å². The van der Waals surface area contributed by atoms with Crippen molar-refractivity contribution in [3.8, 4) is 0 Å². The van der Waals surface area contributed by atoms with E-state index < -0.39 is 4.92 Å². The minimum absolute atomic E-state index is 0.0142. The number of pyridine rings is 1. The van der Waals surface area contributed by atoms with Crippen molar-refractivity contribution >= 4 is 23.1 Å². The molecule has 1 fully saturated rings. The molecule has 26 heavy (non-hydrogen) atoms. The van der Waals surface area contributed by atoms with Gasteiger partial charge in [0.25, 0.3) is 5.69 Å². The molecule has 0 radical (unpaired) electrons. The third-order valence-corrected chi connectivity index (χ3v) is 4.32. The Bertz CT molecular complexity index is 743. The molecule has 2 N–H and O–H groups in total. The molecule has 0 unspecified atom stereocenters. The first-order valence-corrected chi connectivity index (χ1v) is 8.54. The summed E-state index contributed by atoms with van der Waals surface area (Å²) in [5, 5.41) is 16.8. The molecule has 0 bridgehead atoms. The van der Waals surface area contributed by atoms with Gasteiger partial charge in [-0.05, 0) is 31.0 Å². The van der Waals surface area contributed by atoms with E-state index >= 15 is 0 Å². The van der Waals surface area contributed by atoms with Gasteiger partial charge < -0.3 is 10.6 Å². The van der Waals surface area contributed by atoms with Crippen LogP contribution in [0.4, 0.5) is 17.2 Å². The van der Waals surface area contributed by atoms with Crippen LogP contribution in [0.1, 0.15) is 12.8 Å². The van der Waals surface area contributed by atoms with E-state index in [1.54, 1.807) is 6.07 Å². The number of rotatable bonds is 6. The molecule has 1 aliphatic rings. The summed E-state index contributed by atoms with van der Waals surface area (Å²) < 4.78 is 0. The Morgan fingerprint density at radius 3 is 2.54 bits per heavy atom. The van der Waals surface area contributed by atoms with Gasteiger partial charge in [-0.2, -0.15) is 0 Å². The quantitative estimate of drug-likeness (QED) is 0.610. The standard InChI is InChI=1S/C18H21N5O3/c24-18(21-14-4-2-1-3-5-14)13-22-10-8-15(9-11-22)20-17-7-6-16(12-19-17)23(25)26/h1-7,12,15H,8-11,13H2,(H,19,20)(H,21,24). The highest BCUT2D eigenvalue weighted by molar-refractivity contribution is 5.92. The van der Waals surface area contributed by atoms with Crippen LogP contribution in [0.2, 0.25) is 0 Å². The minimum Gasteiger partial charge on any atom is -0.367 e. The van der Waals surface area contributed by atoms with E-state index in [0.717, 1.165) is 31.6 Å². The summed E-state index contributed by atoms with van der Waals surface area (Å²) in [7, 11) is 0. The molecule has 8 heteroatoms. The Morgan fingerprint density at radius 1 is 1.19 bits per heavy atom. The van der Waals surface area contributed by atoms with Crippen molar-refractivity contribution in [3.05, 3.63) is 58.8 Å². The molecule has 1 aliphatic heterocycles. The fourth-order valence-electron chi connectivity index (χ4n) is 2.95. The molecule has 1 aromatic carbocycles. The lowest BCUT2D eigenvalue weighted by atomic mass is 10.1. The highest BCUT2D eigenvalue weighted by atomic mass is 16.6. The van der Waals surface area contributed by atoms with E-state index in [9.17, 15) is 14.9 Å². The predicted octanol–water partition coefficient (Wildman–Crippen LogP) is 2.50. The number of hydrogen-bond donors (Lipinski definition) is 2. The van der Waals surface area contributed by atoms with Gasteiger partial charge in [0.2, 0.25) is 5.91 Å². The van der Waals surface area contributed by atoms with Gasteiger partial charge in [-0.1, -0.05) is 18.2 Å². The molecule has 0 atom stereocenters. The Morgan fingerprint density at radius 2 is 1.92 bits per heavy atom. The highest BCUT2D eigenvalue weighted by Gasteiger charge is 2.21. The molecule has 1 saturated heterocycles. The topological polar surface area (TPSA) is 100 Å². The molecule has 8 nitrogen and oxygen atoms in total. The fourth-order valence-corrected chi connectivity index (χ4v) is 2.95. The van der Waals surface area contributed by atoms with E-state index in [2.05, 4.69) is 20.5 Å². The van der Waals surface area contributed by atoms with Crippen LogP contribution in [-0.2, 0) is 4.79 Å². The summed E-state index contributed by atoms with van der Waals surface area (Å²) in [5.41, 5.74) is 0.785. The van der Waals surface area contributed by atoms with Crippen LogP contribution in [0.25, 0.3) is 0 Å². The lowest BCUT2D eigenvalue weighted by Crippen LogP contribution is -2.42. The number of likely N-dealkylation sites (tertiary alicyclic amines) is 1. The Kier molecular flexibility index (Phi) is 5.75. The summed E-state index contributed by atoms with van der Waals surface area (Å²) in [6.45, 7) is 2.00. The molecule has 1 aromatic heterocycles. The Balaban J connectivity index is 1.42. The van der Waals surface area contributed by atoms with Gasteiger partial charge in [0.1, 0.15) is 12.0 Å². The smallest absolute Gasteiger partial charge is 0.287 e. The Labute approximate surface area is 151 Å². The van der Waals surface area contributed by atoms with Crippen LogP contribution >= 0.6 is 0 Å². The van der Waals surface area contributed by atoms with Crippen LogP contribution in [0.15, 0.2) is 48.7 Å². The average Bonchev–Trinajstić information content (AvgIpc) is 2.64. The predicted molar refractivity (Wildman–Crippen MR) is 99.0 cm³/mol. The van der Waals surface area contributed by atoms with Gasteiger partial charge in [0.15, 0.2) is 0 Å². The molecule has 0 spiro atoms. The zero-order valence-corrected chi connectivity index (χ0v) is 14.3. The van der Waals surface area contributed by atoms with E-state index in [4.69, 9.17) is 0 Å². The number of para-hydroxylation sites is 1. The van der Waals surface area contributed by atoms with Gasteiger partial charge in [0.05, 0.1) is 11.5 Å². The summed E-state index contributed by atoms with van der Waals surface area (Å²) in [6.07, 6.45) is 3.03. The molecular weight excluding hydrogens is 334 g/mol. The molecule has 2 heterocycles. The van der Waals surface area contributed by atoms with Crippen molar-refractivity contribution < 1.29 is 9.72 Å². The number of benzene rings is 1. The third kappa shape index (κ3) is 5.00. The van der Waals surface area contributed by atoms with Gasteiger partial charge >= 0.3 is 0 Å². The third-order valence-electron chi connectivity index (χ3n) is 4.32. The zero-order valence-electron chi connectivity index (χ0n) is 14.3. The summed E-state index contributed by atoms with van der Waals surface area (Å²) in [5.74, 6) is 0.621. The number of nitrogens with one attached hydrogen (secondary N) is 2. The number of piperidine rings is 1. The van der Waals surface area contributed by atoms with Crippen molar-refractivity contribution in [1.29, 1.82) is 0 Å². The number of carbonyl (C=O) groups is 1. The van der Waals surface area contributed by atoms with Gasteiger partial charge in [-0.25, -0.2) is 4.98 Å². The maximum atomic E-state index is 12.1. The zero-order chi connectivity index (χ0) is 18.4. The lowest BCUT2D eigenvalue weighted by Gasteiger charge is -2.32. The second-order valence-corrected chi connectivity index (χ2v) is 6.27. The van der Waals surface area contributed by atoms with E-state index in [-0.39, 0.29) is 17.6 Å². The maximum absolute atomic E-state index is 12.1. The first kappa shape index (κ1) is 17.8. The van der Waals surface area contributed by atoms with Crippen LogP contribution in [0, 0.1) is 10.1 Å². The van der Waals surface area contributed by atoms with E-state index in [1.165, 1.54) is 12.3 Å². The summed E-state index contributed by atoms with van der Waals surface area (Å²) >= 11 is 0. The molecule has 136 valence electrons. The number of anilines is 2. The minimum atomic E-state index is -0.463. The van der Waals surface area contributed by atoms with Crippen molar-refractivity contribution in [2.75, 3.05) is 30.3 Å². The highest BCUT2D eigenvalue weighted by Crippen LogP contribution is 2.17. The Hall–Kier alpha value is -3.00. The number of nitrogens with zero attached hydrogens (tertiary/aromatic N) is 3. The van der Waals surface area contributed by atoms with Gasteiger partial charge in [0, 0.05) is 30.9 Å². The van der Waals surface area contributed by atoms with Crippen LogP contribution in [-0.4, -0.2) is 46.4 Å². The molecule has 2 aromatic rings. The molecule has 1 amide bonds. The first-order chi connectivity index (χ1) is 12.6. The number of aromatic nitrogens is 1. The molecule has 3 rings (SSSR count). The summed E-state index contributed by atoms with van der Waals surface area (Å²) in [4.78, 5) is 28.5. The van der Waals surface area contributed by atoms with Crippen molar-refractivity contribution in [2.24, 2.45) is 0 Å². The first-order valence-electron chi connectivity index (χ1n) is 8.54. The molecule has 0 saturated carbocycles. The van der Waals surface area contributed by atoms with Crippen LogP contribution < -0.4 is 10.6 Å². The second-order valence-electron chi connectivity index (χ2n) is 6.27. The lowest BCUT2D eigenvalue weighted by molar-refractivity contribution is -0.385. The maximum Gasteiger partial charge on any atom is 0.287 e. The van der Waals surface area contributed by atoms with Gasteiger partial charge in [-0.3, -0.25) is 19.8 Å². The average molecular weight is 355 g/mol. The van der Waals surface area contributed by atoms with Crippen LogP contribution in [0.5, 0.6) is 0 Å². The number of hydrogen-bond acceptors (Lipinski definition) is 6. The number of carbonyl (C=O) groups excluding carboxylic acids is 1. The fraction of sp³-hybridized carbons (Fsp3) is 0.333. The number of nitro groups is 1. The van der Waals surface area contributed by atoms with Crippen molar-refractivity contribution in [3.63, 3.8) is 0 Å². The molecule has 0 aliphatic carbocycles. The SMILES string of the molecule is O=C(CN1CCC(Nc2ccc([N+](=O)[O-])cn2)CC1)Nc1ccccc1. The summed E-state index contributed by atoms with van der Waals surface area (Å²) in [6, 6.07) is 12.7.